The van der Waals surface area contributed by atoms with Gasteiger partial charge in [-0.2, -0.15) is 0 Å². The molecule has 1 saturated carbocycles. The lowest BCUT2D eigenvalue weighted by Crippen LogP contribution is -2.33. The van der Waals surface area contributed by atoms with Gasteiger partial charge in [-0.3, -0.25) is 4.79 Å². The maximum Gasteiger partial charge on any atom is 0.248 e. The van der Waals surface area contributed by atoms with Crippen LogP contribution in [-0.4, -0.2) is 23.7 Å². The molecule has 64 valence electrons. The van der Waals surface area contributed by atoms with E-state index in [2.05, 4.69) is 12.2 Å². The molecule has 1 aliphatic rings. The van der Waals surface area contributed by atoms with E-state index in [1.165, 1.54) is 13.3 Å². The van der Waals surface area contributed by atoms with E-state index < -0.39 is 6.10 Å². The van der Waals surface area contributed by atoms with Crippen molar-refractivity contribution in [1.29, 1.82) is 0 Å². The third kappa shape index (κ3) is 2.50. The molecule has 11 heavy (non-hydrogen) atoms. The first kappa shape index (κ1) is 8.53. The van der Waals surface area contributed by atoms with Gasteiger partial charge in [0.15, 0.2) is 0 Å². The zero-order chi connectivity index (χ0) is 8.43. The Balaban J connectivity index is 2.07. The van der Waals surface area contributed by atoms with Gasteiger partial charge >= 0.3 is 0 Å². The number of aliphatic hydroxyl groups is 1. The van der Waals surface area contributed by atoms with Gasteiger partial charge in [0.2, 0.25) is 5.91 Å². The molecule has 1 rings (SSSR count). The van der Waals surface area contributed by atoms with Crippen molar-refractivity contribution >= 4 is 5.91 Å². The molecule has 3 atom stereocenters. The SMILES string of the molecule is CC1CC1CNC(=O)[C@@H](C)O. The highest BCUT2D eigenvalue weighted by Gasteiger charge is 2.32. The summed E-state index contributed by atoms with van der Waals surface area (Å²) in [6.07, 6.45) is 0.337. The molecule has 1 fully saturated rings. The van der Waals surface area contributed by atoms with Crippen LogP contribution < -0.4 is 5.32 Å². The van der Waals surface area contributed by atoms with Gasteiger partial charge in [-0.05, 0) is 25.2 Å². The molecule has 0 aliphatic heterocycles. The van der Waals surface area contributed by atoms with Gasteiger partial charge in [0, 0.05) is 6.54 Å². The number of hydrogen-bond donors (Lipinski definition) is 2. The highest BCUT2D eigenvalue weighted by molar-refractivity contribution is 5.79. The van der Waals surface area contributed by atoms with Crippen molar-refractivity contribution < 1.29 is 9.90 Å². The highest BCUT2D eigenvalue weighted by atomic mass is 16.3. The first-order valence-corrected chi connectivity index (χ1v) is 4.07. The number of carbonyl (C=O) groups is 1. The summed E-state index contributed by atoms with van der Waals surface area (Å²) in [4.78, 5) is 10.8. The summed E-state index contributed by atoms with van der Waals surface area (Å²) in [6, 6.07) is 0. The summed E-state index contributed by atoms with van der Waals surface area (Å²) < 4.78 is 0. The number of nitrogens with one attached hydrogen (secondary N) is 1. The Hall–Kier alpha value is -0.570. The number of amides is 1. The van der Waals surface area contributed by atoms with Crippen LogP contribution in [-0.2, 0) is 4.79 Å². The van der Waals surface area contributed by atoms with E-state index in [1.807, 2.05) is 0 Å². The molecule has 0 aromatic heterocycles. The Kier molecular flexibility index (Phi) is 2.49. The molecule has 2 unspecified atom stereocenters. The minimum atomic E-state index is -0.871. The van der Waals surface area contributed by atoms with Crippen LogP contribution in [0.15, 0.2) is 0 Å². The van der Waals surface area contributed by atoms with Gasteiger partial charge in [0.25, 0.3) is 0 Å². The fourth-order valence-electron chi connectivity index (χ4n) is 1.06. The van der Waals surface area contributed by atoms with Crippen LogP contribution in [0.5, 0.6) is 0 Å². The van der Waals surface area contributed by atoms with E-state index in [-0.39, 0.29) is 5.91 Å². The van der Waals surface area contributed by atoms with Crippen molar-refractivity contribution in [2.24, 2.45) is 11.8 Å². The fraction of sp³-hybridized carbons (Fsp3) is 0.875. The third-order valence-corrected chi connectivity index (χ3v) is 2.19. The van der Waals surface area contributed by atoms with Crippen LogP contribution in [0.3, 0.4) is 0 Å². The Morgan fingerprint density at radius 2 is 2.36 bits per heavy atom. The van der Waals surface area contributed by atoms with Crippen molar-refractivity contribution in [2.45, 2.75) is 26.4 Å². The summed E-state index contributed by atoms with van der Waals surface area (Å²) in [7, 11) is 0. The first-order valence-electron chi connectivity index (χ1n) is 4.07. The predicted octanol–water partition coefficient (Wildman–Crippen LogP) is 0.139. The van der Waals surface area contributed by atoms with E-state index in [0.29, 0.717) is 5.92 Å². The van der Waals surface area contributed by atoms with Gasteiger partial charge in [-0.1, -0.05) is 6.92 Å². The molecule has 1 amide bonds. The number of carbonyl (C=O) groups excluding carboxylic acids is 1. The topological polar surface area (TPSA) is 49.3 Å². The average molecular weight is 157 g/mol. The van der Waals surface area contributed by atoms with E-state index in [4.69, 9.17) is 5.11 Å². The summed E-state index contributed by atoms with van der Waals surface area (Å²) in [5.74, 6) is 1.14. The van der Waals surface area contributed by atoms with Gasteiger partial charge in [-0.25, -0.2) is 0 Å². The maximum absolute atomic E-state index is 10.8. The van der Waals surface area contributed by atoms with Crippen LogP contribution in [0, 0.1) is 11.8 Å². The molecule has 2 N–H and O–H groups in total. The quantitative estimate of drug-likeness (QED) is 0.612. The molecule has 0 aromatic carbocycles. The second kappa shape index (κ2) is 3.22. The largest absolute Gasteiger partial charge is 0.384 e. The maximum atomic E-state index is 10.8. The van der Waals surface area contributed by atoms with Crippen molar-refractivity contribution in [3.8, 4) is 0 Å². The molecule has 3 nitrogen and oxygen atoms in total. The number of hydrogen-bond acceptors (Lipinski definition) is 2. The monoisotopic (exact) mass is 157 g/mol. The molecule has 0 heterocycles. The van der Waals surface area contributed by atoms with Crippen LogP contribution in [0.25, 0.3) is 0 Å². The lowest BCUT2D eigenvalue weighted by molar-refractivity contribution is -0.128. The van der Waals surface area contributed by atoms with Crippen LogP contribution in [0.2, 0.25) is 0 Å². The second-order valence-electron chi connectivity index (χ2n) is 3.39. The zero-order valence-corrected chi connectivity index (χ0v) is 7.00. The fourth-order valence-corrected chi connectivity index (χ4v) is 1.06. The van der Waals surface area contributed by atoms with Crippen molar-refractivity contribution in [3.05, 3.63) is 0 Å². The second-order valence-corrected chi connectivity index (χ2v) is 3.39. The van der Waals surface area contributed by atoms with Crippen LogP contribution in [0.4, 0.5) is 0 Å². The molecular formula is C8H15NO2. The third-order valence-electron chi connectivity index (χ3n) is 2.19. The Labute approximate surface area is 66.8 Å². The van der Waals surface area contributed by atoms with Crippen molar-refractivity contribution in [1.82, 2.24) is 5.32 Å². The standard InChI is InChI=1S/C8H15NO2/c1-5-3-7(5)4-9-8(11)6(2)10/h5-7,10H,3-4H2,1-2H3,(H,9,11)/t5?,6-,7?/m1/s1. The lowest BCUT2D eigenvalue weighted by Gasteiger charge is -2.05. The van der Waals surface area contributed by atoms with Gasteiger partial charge in [-0.15, -0.1) is 0 Å². The molecular weight excluding hydrogens is 142 g/mol. The average Bonchev–Trinajstić information content (AvgIpc) is 2.61. The highest BCUT2D eigenvalue weighted by Crippen LogP contribution is 2.36. The molecule has 0 spiro atoms. The van der Waals surface area contributed by atoms with Crippen molar-refractivity contribution in [3.63, 3.8) is 0 Å². The Morgan fingerprint density at radius 1 is 1.82 bits per heavy atom. The van der Waals surface area contributed by atoms with E-state index in [1.54, 1.807) is 0 Å². The first-order chi connectivity index (χ1) is 5.11. The minimum absolute atomic E-state index is 0.260. The molecule has 1 aliphatic carbocycles. The predicted molar refractivity (Wildman–Crippen MR) is 42.0 cm³/mol. The number of rotatable bonds is 3. The summed E-state index contributed by atoms with van der Waals surface area (Å²) in [5.41, 5.74) is 0. The van der Waals surface area contributed by atoms with E-state index in [9.17, 15) is 4.79 Å². The molecule has 0 radical (unpaired) electrons. The molecule has 0 saturated heterocycles. The summed E-state index contributed by atoms with van der Waals surface area (Å²) >= 11 is 0. The molecule has 0 aromatic rings. The summed E-state index contributed by atoms with van der Waals surface area (Å²) in [5, 5.41) is 11.5. The summed E-state index contributed by atoms with van der Waals surface area (Å²) in [6.45, 7) is 4.37. The lowest BCUT2D eigenvalue weighted by atomic mass is 10.3. The van der Waals surface area contributed by atoms with Crippen molar-refractivity contribution in [2.75, 3.05) is 6.54 Å². The van der Waals surface area contributed by atoms with E-state index in [0.717, 1.165) is 12.5 Å². The van der Waals surface area contributed by atoms with Gasteiger partial charge in [0.05, 0.1) is 0 Å². The van der Waals surface area contributed by atoms with Crippen LogP contribution >= 0.6 is 0 Å². The Bertz CT molecular complexity index is 156. The van der Waals surface area contributed by atoms with E-state index >= 15 is 0 Å². The normalized spacial score (nSPS) is 31.2. The number of aliphatic hydroxyl groups excluding tert-OH is 1. The Morgan fingerprint density at radius 3 is 2.73 bits per heavy atom. The minimum Gasteiger partial charge on any atom is -0.384 e. The smallest absolute Gasteiger partial charge is 0.248 e. The molecule has 0 bridgehead atoms. The molecule has 3 heteroatoms. The van der Waals surface area contributed by atoms with Gasteiger partial charge < -0.3 is 10.4 Å². The van der Waals surface area contributed by atoms with Gasteiger partial charge in [0.1, 0.15) is 6.10 Å². The zero-order valence-electron chi connectivity index (χ0n) is 7.00. The van der Waals surface area contributed by atoms with Crippen LogP contribution in [0.1, 0.15) is 20.3 Å².